The number of carbonyl (C=O) groups excluding carboxylic acids is 4. The zero-order chi connectivity index (χ0) is 33.1. The quantitative estimate of drug-likeness (QED) is 0.0839. The number of hydrogen-bond donors (Lipinski definition) is 4. The van der Waals surface area contributed by atoms with Crippen LogP contribution in [0.25, 0.3) is 0 Å². The van der Waals surface area contributed by atoms with Crippen molar-refractivity contribution in [3.8, 4) is 5.75 Å². The number of unbranched alkanes of at least 4 members (excludes halogenated alkanes) is 2. The predicted molar refractivity (Wildman–Crippen MR) is 170 cm³/mol. The van der Waals surface area contributed by atoms with E-state index in [1.807, 2.05) is 33.8 Å². The first-order chi connectivity index (χ1) is 20.7. The highest BCUT2D eigenvalue weighted by Crippen LogP contribution is 2.27. The second-order valence-electron chi connectivity index (χ2n) is 12.6. The maximum Gasteiger partial charge on any atom is 0.309 e. The summed E-state index contributed by atoms with van der Waals surface area (Å²) >= 11 is 0. The summed E-state index contributed by atoms with van der Waals surface area (Å²) in [6, 6.07) is 4.56. The molecule has 3 atom stereocenters. The molecule has 0 saturated heterocycles. The monoisotopic (exact) mass is 621 g/mol. The van der Waals surface area contributed by atoms with Gasteiger partial charge in [0.05, 0.1) is 30.9 Å². The number of hydrogen-bond acceptors (Lipinski definition) is 9. The fourth-order valence-electron chi connectivity index (χ4n) is 4.62. The Bertz CT molecular complexity index is 1040. The Labute approximate surface area is 263 Å². The normalized spacial score (nSPS) is 13.5. The summed E-state index contributed by atoms with van der Waals surface area (Å²) in [6.07, 6.45) is 4.86. The van der Waals surface area contributed by atoms with Gasteiger partial charge >= 0.3 is 5.97 Å². The molecule has 0 aliphatic rings. The van der Waals surface area contributed by atoms with E-state index in [1.54, 1.807) is 19.2 Å². The lowest BCUT2D eigenvalue weighted by molar-refractivity contribution is -0.160. The van der Waals surface area contributed by atoms with Crippen molar-refractivity contribution < 1.29 is 38.5 Å². The highest BCUT2D eigenvalue weighted by atomic mass is 16.6. The average Bonchev–Trinajstić information content (AvgIpc) is 2.93. The minimum absolute atomic E-state index is 0.00960. The van der Waals surface area contributed by atoms with Gasteiger partial charge in [-0.3, -0.25) is 19.2 Å². The molecule has 44 heavy (non-hydrogen) atoms. The number of benzene rings is 1. The van der Waals surface area contributed by atoms with Crippen LogP contribution < -0.4 is 16.4 Å². The second-order valence-corrected chi connectivity index (χ2v) is 12.6. The number of rotatable bonds is 22. The Balaban J connectivity index is 2.32. The number of nitrogens with one attached hydrogen (secondary N) is 2. The zero-order valence-electron chi connectivity index (χ0n) is 27.5. The number of ketones is 1. The summed E-state index contributed by atoms with van der Waals surface area (Å²) in [4.78, 5) is 48.9. The minimum Gasteiger partial charge on any atom is -0.506 e. The van der Waals surface area contributed by atoms with Crippen LogP contribution in [0.2, 0.25) is 0 Å². The van der Waals surface area contributed by atoms with E-state index in [9.17, 15) is 24.3 Å². The first-order valence-corrected chi connectivity index (χ1v) is 15.7. The van der Waals surface area contributed by atoms with Gasteiger partial charge in [-0.2, -0.15) is 0 Å². The molecule has 0 heterocycles. The highest BCUT2D eigenvalue weighted by molar-refractivity contribution is 5.92. The molecule has 1 aromatic carbocycles. The number of esters is 1. The molecule has 0 aliphatic heterocycles. The van der Waals surface area contributed by atoms with E-state index >= 15 is 0 Å². The van der Waals surface area contributed by atoms with Crippen LogP contribution in [-0.2, 0) is 39.8 Å². The van der Waals surface area contributed by atoms with Gasteiger partial charge in [-0.15, -0.1) is 0 Å². The maximum atomic E-state index is 12.5. The van der Waals surface area contributed by atoms with Crippen LogP contribution in [0.3, 0.4) is 0 Å². The van der Waals surface area contributed by atoms with Crippen LogP contribution >= 0.6 is 0 Å². The molecule has 5 N–H and O–H groups in total. The largest absolute Gasteiger partial charge is 0.506 e. The number of phenolic OH excluding ortho intramolecular Hbond substituents is 1. The third-order valence-electron chi connectivity index (χ3n) is 6.90. The van der Waals surface area contributed by atoms with E-state index in [0.717, 1.165) is 5.56 Å². The van der Waals surface area contributed by atoms with Crippen molar-refractivity contribution in [3.05, 3.63) is 23.8 Å². The maximum absolute atomic E-state index is 12.5. The van der Waals surface area contributed by atoms with Gasteiger partial charge in [-0.05, 0) is 89.3 Å². The molecular weight excluding hydrogens is 566 g/mol. The van der Waals surface area contributed by atoms with E-state index in [1.165, 1.54) is 0 Å². The summed E-state index contributed by atoms with van der Waals surface area (Å²) in [5.74, 6) is -0.762. The second kappa shape index (κ2) is 20.8. The first kappa shape index (κ1) is 39.0. The highest BCUT2D eigenvalue weighted by Gasteiger charge is 2.23. The van der Waals surface area contributed by atoms with Crippen molar-refractivity contribution in [2.45, 2.75) is 104 Å². The molecule has 0 spiro atoms. The number of carbonyl (C=O) groups is 4. The van der Waals surface area contributed by atoms with Crippen LogP contribution in [0.4, 0.5) is 5.69 Å². The smallest absolute Gasteiger partial charge is 0.309 e. The summed E-state index contributed by atoms with van der Waals surface area (Å²) in [7, 11) is 1.56. The summed E-state index contributed by atoms with van der Waals surface area (Å²) in [5.41, 5.74) is 6.79. The Morgan fingerprint density at radius 1 is 0.977 bits per heavy atom. The Kier molecular flexibility index (Phi) is 18.5. The standard InChI is InChI=1S/C33H55N3O8/c1-23(19-24(2)32(41)44-33(3,4)5)20-25-14-15-29(38)27(21-25)36-30(39)13-8-7-12-28(37)26(34)11-9-10-16-35-31(40)22-43-18-17-42-6/h14-15,21,23-24,26,38H,7-13,16-20,22,34H2,1-6H3,(H,35,40)(H,36,39)/t23-,24?,26+/m1/s1. The zero-order valence-corrected chi connectivity index (χ0v) is 27.5. The number of nitrogens with two attached hydrogens (primary N) is 1. The molecule has 1 aromatic rings. The van der Waals surface area contributed by atoms with E-state index in [0.29, 0.717) is 76.8 Å². The number of aromatic hydroxyl groups is 1. The average molecular weight is 622 g/mol. The molecule has 250 valence electrons. The van der Waals surface area contributed by atoms with E-state index < -0.39 is 11.6 Å². The molecule has 1 unspecified atom stereocenters. The van der Waals surface area contributed by atoms with Gasteiger partial charge in [-0.1, -0.05) is 19.9 Å². The molecule has 0 radical (unpaired) electrons. The molecular formula is C33H55N3O8. The molecule has 0 bridgehead atoms. The molecule has 11 nitrogen and oxygen atoms in total. The lowest BCUT2D eigenvalue weighted by Gasteiger charge is -2.23. The number of anilines is 1. The topological polar surface area (TPSA) is 166 Å². The van der Waals surface area contributed by atoms with Gasteiger partial charge in [0.25, 0.3) is 0 Å². The van der Waals surface area contributed by atoms with Crippen LogP contribution in [-0.4, -0.2) is 73.8 Å². The molecule has 0 aromatic heterocycles. The van der Waals surface area contributed by atoms with Crippen molar-refractivity contribution in [2.24, 2.45) is 17.6 Å². The van der Waals surface area contributed by atoms with Gasteiger partial charge < -0.3 is 35.7 Å². The van der Waals surface area contributed by atoms with Gasteiger partial charge in [0.15, 0.2) is 0 Å². The number of Topliss-reactive ketones (excluding diaryl/α,β-unsaturated/α-hetero) is 1. The van der Waals surface area contributed by atoms with Crippen molar-refractivity contribution in [1.82, 2.24) is 5.32 Å². The summed E-state index contributed by atoms with van der Waals surface area (Å²) in [6.45, 7) is 10.8. The van der Waals surface area contributed by atoms with Gasteiger partial charge in [0.2, 0.25) is 11.8 Å². The van der Waals surface area contributed by atoms with Gasteiger partial charge in [0, 0.05) is 26.5 Å². The summed E-state index contributed by atoms with van der Waals surface area (Å²) < 4.78 is 15.5. The lowest BCUT2D eigenvalue weighted by atomic mass is 9.91. The van der Waals surface area contributed by atoms with Gasteiger partial charge in [0.1, 0.15) is 23.7 Å². The molecule has 1 rings (SSSR count). The molecule has 0 fully saturated rings. The Morgan fingerprint density at radius 2 is 1.68 bits per heavy atom. The number of phenols is 1. The van der Waals surface area contributed by atoms with Crippen LogP contribution in [0.1, 0.15) is 91.5 Å². The third-order valence-corrected chi connectivity index (χ3v) is 6.90. The fraction of sp³-hybridized carbons (Fsp3) is 0.697. The van der Waals surface area contributed by atoms with E-state index in [4.69, 9.17) is 19.9 Å². The SMILES string of the molecule is COCCOCC(=O)NCCCC[C@H](N)C(=O)CCCCC(=O)Nc1cc(C[C@H](C)CC(C)C(=O)OC(C)(C)C)ccc1O. The van der Waals surface area contributed by atoms with Crippen LogP contribution in [0.15, 0.2) is 18.2 Å². The Morgan fingerprint density at radius 3 is 2.36 bits per heavy atom. The molecule has 0 saturated carbocycles. The molecule has 2 amide bonds. The summed E-state index contributed by atoms with van der Waals surface area (Å²) in [5, 5.41) is 15.8. The van der Waals surface area contributed by atoms with E-state index in [2.05, 4.69) is 17.6 Å². The minimum atomic E-state index is -0.564. The van der Waals surface area contributed by atoms with E-state index in [-0.39, 0.29) is 54.2 Å². The number of ether oxygens (including phenoxy) is 3. The predicted octanol–water partition coefficient (Wildman–Crippen LogP) is 4.28. The molecule has 0 aliphatic carbocycles. The number of methoxy groups -OCH3 is 1. The number of amides is 2. The lowest BCUT2D eigenvalue weighted by Crippen LogP contribution is -2.31. The van der Waals surface area contributed by atoms with Crippen molar-refractivity contribution in [1.29, 1.82) is 0 Å². The first-order valence-electron chi connectivity index (χ1n) is 15.7. The molecule has 11 heteroatoms. The van der Waals surface area contributed by atoms with Crippen molar-refractivity contribution in [2.75, 3.05) is 38.8 Å². The van der Waals surface area contributed by atoms with Crippen LogP contribution in [0, 0.1) is 11.8 Å². The van der Waals surface area contributed by atoms with Crippen LogP contribution in [0.5, 0.6) is 5.75 Å². The fourth-order valence-corrected chi connectivity index (χ4v) is 4.62. The van der Waals surface area contributed by atoms with Crippen molar-refractivity contribution >= 4 is 29.3 Å². The Hall–Kier alpha value is -3.02. The van der Waals surface area contributed by atoms with Gasteiger partial charge in [-0.25, -0.2) is 0 Å². The van der Waals surface area contributed by atoms with Crippen molar-refractivity contribution in [3.63, 3.8) is 0 Å². The third kappa shape index (κ3) is 17.9.